The SMILES string of the molecule is COc1cc(NC(=O)C=C(C)c2ccc(Cl)cc2Cl)c(C(=O)O)cc1OC. The molecule has 8 heteroatoms. The van der Waals surface area contributed by atoms with Crippen molar-refractivity contribution in [3.63, 3.8) is 0 Å². The van der Waals surface area contributed by atoms with E-state index in [1.54, 1.807) is 25.1 Å². The topological polar surface area (TPSA) is 84.9 Å². The van der Waals surface area contributed by atoms with Crippen LogP contribution in [0.5, 0.6) is 11.5 Å². The largest absolute Gasteiger partial charge is 0.493 e. The fraction of sp³-hybridized carbons (Fsp3) is 0.158. The molecule has 142 valence electrons. The third kappa shape index (κ3) is 4.93. The Labute approximate surface area is 166 Å². The summed E-state index contributed by atoms with van der Waals surface area (Å²) in [5.41, 5.74) is 1.18. The summed E-state index contributed by atoms with van der Waals surface area (Å²) in [4.78, 5) is 23.9. The molecule has 0 saturated carbocycles. The van der Waals surface area contributed by atoms with Crippen LogP contribution in [-0.4, -0.2) is 31.2 Å². The van der Waals surface area contributed by atoms with Gasteiger partial charge in [-0.15, -0.1) is 0 Å². The highest BCUT2D eigenvalue weighted by atomic mass is 35.5. The lowest BCUT2D eigenvalue weighted by Crippen LogP contribution is -2.13. The van der Waals surface area contributed by atoms with Gasteiger partial charge in [0.1, 0.15) is 0 Å². The number of hydrogen-bond donors (Lipinski definition) is 2. The smallest absolute Gasteiger partial charge is 0.337 e. The molecule has 0 unspecified atom stereocenters. The second-order valence-corrected chi connectivity index (χ2v) is 6.34. The number of aromatic carboxylic acids is 1. The maximum atomic E-state index is 12.4. The van der Waals surface area contributed by atoms with Crippen molar-refractivity contribution < 1.29 is 24.2 Å². The van der Waals surface area contributed by atoms with Gasteiger partial charge in [0.05, 0.1) is 25.5 Å². The Morgan fingerprint density at radius 3 is 2.22 bits per heavy atom. The number of nitrogens with one attached hydrogen (secondary N) is 1. The molecule has 0 spiro atoms. The Morgan fingerprint density at radius 2 is 1.67 bits per heavy atom. The highest BCUT2D eigenvalue weighted by molar-refractivity contribution is 6.35. The Hall–Kier alpha value is -2.70. The molecule has 0 fully saturated rings. The van der Waals surface area contributed by atoms with Crippen LogP contribution in [-0.2, 0) is 4.79 Å². The summed E-state index contributed by atoms with van der Waals surface area (Å²) >= 11 is 12.0. The molecule has 6 nitrogen and oxygen atoms in total. The van der Waals surface area contributed by atoms with E-state index in [0.717, 1.165) is 0 Å². The van der Waals surface area contributed by atoms with Crippen LogP contribution in [0.4, 0.5) is 5.69 Å². The van der Waals surface area contributed by atoms with Crippen LogP contribution in [0.3, 0.4) is 0 Å². The number of amides is 1. The van der Waals surface area contributed by atoms with E-state index in [1.165, 1.54) is 32.4 Å². The lowest BCUT2D eigenvalue weighted by Gasteiger charge is -2.13. The van der Waals surface area contributed by atoms with Gasteiger partial charge < -0.3 is 19.9 Å². The fourth-order valence-corrected chi connectivity index (χ4v) is 2.97. The van der Waals surface area contributed by atoms with E-state index in [9.17, 15) is 14.7 Å². The van der Waals surface area contributed by atoms with Crippen molar-refractivity contribution in [2.24, 2.45) is 0 Å². The standard InChI is InChI=1S/C19H17Cl2NO5/c1-10(12-5-4-11(20)7-14(12)21)6-18(23)22-15-9-17(27-3)16(26-2)8-13(15)19(24)25/h4-9H,1-3H3,(H,22,23)(H,24,25). The van der Waals surface area contributed by atoms with Gasteiger partial charge in [-0.1, -0.05) is 29.3 Å². The van der Waals surface area contributed by atoms with Gasteiger partial charge in [-0.05, 0) is 30.2 Å². The second kappa shape index (κ2) is 8.79. The minimum Gasteiger partial charge on any atom is -0.493 e. The lowest BCUT2D eigenvalue weighted by atomic mass is 10.1. The molecule has 2 aromatic carbocycles. The monoisotopic (exact) mass is 409 g/mol. The van der Waals surface area contributed by atoms with Crippen LogP contribution in [0, 0.1) is 0 Å². The predicted octanol–water partition coefficient (Wildman–Crippen LogP) is 4.75. The number of benzene rings is 2. The molecule has 0 aliphatic carbocycles. The summed E-state index contributed by atoms with van der Waals surface area (Å²) in [7, 11) is 2.81. The van der Waals surface area contributed by atoms with Crippen LogP contribution < -0.4 is 14.8 Å². The van der Waals surface area contributed by atoms with E-state index < -0.39 is 11.9 Å². The third-order valence-corrected chi connectivity index (χ3v) is 4.26. The van der Waals surface area contributed by atoms with Crippen molar-refractivity contribution >= 4 is 46.3 Å². The molecule has 0 aliphatic rings. The van der Waals surface area contributed by atoms with Crippen LogP contribution in [0.2, 0.25) is 10.0 Å². The molecule has 0 aliphatic heterocycles. The molecule has 2 N–H and O–H groups in total. The first-order valence-electron chi connectivity index (χ1n) is 7.70. The molecule has 2 rings (SSSR count). The maximum Gasteiger partial charge on any atom is 0.337 e. The van der Waals surface area contributed by atoms with E-state index in [-0.39, 0.29) is 17.0 Å². The number of carbonyl (C=O) groups excluding carboxylic acids is 1. The number of allylic oxidation sites excluding steroid dienone is 1. The van der Waals surface area contributed by atoms with Crippen LogP contribution in [0.25, 0.3) is 5.57 Å². The minimum atomic E-state index is -1.22. The molecular weight excluding hydrogens is 393 g/mol. The van der Waals surface area contributed by atoms with Gasteiger partial charge in [-0.2, -0.15) is 0 Å². The van der Waals surface area contributed by atoms with Gasteiger partial charge in [-0.25, -0.2) is 4.79 Å². The van der Waals surface area contributed by atoms with E-state index >= 15 is 0 Å². The summed E-state index contributed by atoms with van der Waals surface area (Å²) in [5.74, 6) is -1.20. The van der Waals surface area contributed by atoms with Gasteiger partial charge in [0.25, 0.3) is 0 Å². The van der Waals surface area contributed by atoms with Crippen molar-refractivity contribution in [3.05, 3.63) is 57.6 Å². The Kier molecular flexibility index (Phi) is 6.71. The molecule has 0 heterocycles. The average molecular weight is 410 g/mol. The second-order valence-electron chi connectivity index (χ2n) is 5.50. The number of ether oxygens (including phenoxy) is 2. The Morgan fingerprint density at radius 1 is 1.04 bits per heavy atom. The van der Waals surface area contributed by atoms with E-state index in [4.69, 9.17) is 32.7 Å². The molecular formula is C19H17Cl2NO5. The van der Waals surface area contributed by atoms with Crippen molar-refractivity contribution in [2.75, 3.05) is 19.5 Å². The van der Waals surface area contributed by atoms with Gasteiger partial charge in [0.15, 0.2) is 11.5 Å². The number of hydrogen-bond acceptors (Lipinski definition) is 4. The summed E-state index contributed by atoms with van der Waals surface area (Å²) in [6.45, 7) is 1.71. The molecule has 0 radical (unpaired) electrons. The maximum absolute atomic E-state index is 12.4. The van der Waals surface area contributed by atoms with Crippen molar-refractivity contribution in [3.8, 4) is 11.5 Å². The highest BCUT2D eigenvalue weighted by Crippen LogP contribution is 2.33. The van der Waals surface area contributed by atoms with Gasteiger partial charge in [-0.3, -0.25) is 4.79 Å². The normalized spacial score (nSPS) is 11.1. The molecule has 0 saturated heterocycles. The molecule has 1 amide bonds. The third-order valence-electron chi connectivity index (χ3n) is 3.72. The predicted molar refractivity (Wildman–Crippen MR) is 105 cm³/mol. The van der Waals surface area contributed by atoms with Gasteiger partial charge >= 0.3 is 5.97 Å². The Balaban J connectivity index is 2.35. The zero-order valence-corrected chi connectivity index (χ0v) is 16.3. The minimum absolute atomic E-state index is 0.0800. The Bertz CT molecular complexity index is 925. The first-order chi connectivity index (χ1) is 12.8. The number of carboxylic acids is 1. The molecule has 0 aromatic heterocycles. The van der Waals surface area contributed by atoms with Crippen molar-refractivity contribution in [1.29, 1.82) is 0 Å². The first kappa shape index (κ1) is 20.6. The molecule has 2 aromatic rings. The number of methoxy groups -OCH3 is 2. The highest BCUT2D eigenvalue weighted by Gasteiger charge is 2.17. The summed E-state index contributed by atoms with van der Waals surface area (Å²) < 4.78 is 10.2. The summed E-state index contributed by atoms with van der Waals surface area (Å²) in [6, 6.07) is 7.60. The van der Waals surface area contributed by atoms with Crippen LogP contribution in [0.15, 0.2) is 36.4 Å². The number of halogens is 2. The number of carboxylic acid groups (broad SMARTS) is 1. The van der Waals surface area contributed by atoms with E-state index in [2.05, 4.69) is 5.32 Å². The van der Waals surface area contributed by atoms with E-state index in [0.29, 0.717) is 26.9 Å². The molecule has 0 bridgehead atoms. The zero-order valence-electron chi connectivity index (χ0n) is 14.8. The van der Waals surface area contributed by atoms with Gasteiger partial charge in [0.2, 0.25) is 5.91 Å². The molecule has 0 atom stereocenters. The summed E-state index contributed by atoms with van der Waals surface area (Å²) in [5, 5.41) is 12.8. The van der Waals surface area contributed by atoms with Gasteiger partial charge in [0, 0.05) is 28.3 Å². The quantitative estimate of drug-likeness (QED) is 0.672. The van der Waals surface area contributed by atoms with Crippen LogP contribution >= 0.6 is 23.2 Å². The molecule has 27 heavy (non-hydrogen) atoms. The summed E-state index contributed by atoms with van der Waals surface area (Å²) in [6.07, 6.45) is 1.32. The van der Waals surface area contributed by atoms with Crippen LogP contribution in [0.1, 0.15) is 22.8 Å². The number of anilines is 1. The lowest BCUT2D eigenvalue weighted by molar-refractivity contribution is -0.111. The van der Waals surface area contributed by atoms with Crippen molar-refractivity contribution in [2.45, 2.75) is 6.92 Å². The fourth-order valence-electron chi connectivity index (χ4n) is 2.41. The zero-order chi connectivity index (χ0) is 20.1. The first-order valence-corrected chi connectivity index (χ1v) is 8.46. The van der Waals surface area contributed by atoms with Crippen molar-refractivity contribution in [1.82, 2.24) is 0 Å². The number of carbonyl (C=O) groups is 2. The number of rotatable bonds is 6. The van der Waals surface area contributed by atoms with E-state index in [1.807, 2.05) is 0 Å². The average Bonchev–Trinajstić information content (AvgIpc) is 2.60.